The van der Waals surface area contributed by atoms with Crippen molar-refractivity contribution in [2.24, 2.45) is 11.1 Å². The topological polar surface area (TPSA) is 39.4 Å². The van der Waals surface area contributed by atoms with Crippen molar-refractivity contribution in [1.82, 2.24) is 9.55 Å². The number of oxime groups is 1. The summed E-state index contributed by atoms with van der Waals surface area (Å²) in [7, 11) is 0. The molecule has 2 aromatic carbocycles. The Morgan fingerprint density at radius 3 is 2.72 bits per heavy atom. The molecular formula is C23H19F2N3O. The molecule has 1 heterocycles. The van der Waals surface area contributed by atoms with Gasteiger partial charge in [0.2, 0.25) is 0 Å². The van der Waals surface area contributed by atoms with Crippen LogP contribution in [0.1, 0.15) is 29.5 Å². The van der Waals surface area contributed by atoms with Crippen molar-refractivity contribution in [3.63, 3.8) is 0 Å². The second-order valence-electron chi connectivity index (χ2n) is 6.90. The maximum atomic E-state index is 13.8. The number of aromatic nitrogens is 2. The van der Waals surface area contributed by atoms with Gasteiger partial charge in [0.25, 0.3) is 0 Å². The Kier molecular flexibility index (Phi) is 5.66. The molecule has 0 N–H and O–H groups in total. The maximum Gasteiger partial charge on any atom is 0.145 e. The predicted octanol–water partition coefficient (Wildman–Crippen LogP) is 4.54. The van der Waals surface area contributed by atoms with Crippen LogP contribution in [0.4, 0.5) is 8.78 Å². The normalized spacial score (nSPS) is 13.7. The third-order valence-electron chi connectivity index (χ3n) is 4.51. The van der Waals surface area contributed by atoms with Crippen molar-refractivity contribution < 1.29 is 13.6 Å². The van der Waals surface area contributed by atoms with Crippen molar-refractivity contribution in [3.05, 3.63) is 89.5 Å². The van der Waals surface area contributed by atoms with Gasteiger partial charge in [-0.3, -0.25) is 0 Å². The fourth-order valence-corrected chi connectivity index (χ4v) is 2.72. The fourth-order valence-electron chi connectivity index (χ4n) is 2.72. The highest BCUT2D eigenvalue weighted by Gasteiger charge is 2.17. The minimum Gasteiger partial charge on any atom is -0.391 e. The molecule has 1 aliphatic carbocycles. The number of hydrogen-bond donors (Lipinski definition) is 0. The van der Waals surface area contributed by atoms with Crippen LogP contribution in [-0.4, -0.2) is 15.3 Å². The Morgan fingerprint density at radius 1 is 1.17 bits per heavy atom. The van der Waals surface area contributed by atoms with Crippen LogP contribution in [0.5, 0.6) is 0 Å². The summed E-state index contributed by atoms with van der Waals surface area (Å²) in [6.07, 6.45) is 7.55. The van der Waals surface area contributed by atoms with E-state index in [2.05, 4.69) is 22.0 Å². The van der Waals surface area contributed by atoms with E-state index >= 15 is 0 Å². The number of imidazole rings is 1. The molecule has 0 radical (unpaired) electrons. The monoisotopic (exact) mass is 391 g/mol. The summed E-state index contributed by atoms with van der Waals surface area (Å²) in [6, 6.07) is 11.0. The van der Waals surface area contributed by atoms with Crippen LogP contribution in [0.3, 0.4) is 0 Å². The maximum absolute atomic E-state index is 13.8. The lowest BCUT2D eigenvalue weighted by molar-refractivity contribution is 0.127. The first-order valence-corrected chi connectivity index (χ1v) is 9.38. The molecule has 0 aliphatic heterocycles. The molecule has 3 aromatic rings. The SMILES string of the molecule is Fc1ccc(F)c(CO/N=C(\Cn2ccnc2)c2ccc(C#CC3CC3)cc2)c1. The minimum atomic E-state index is -0.531. The van der Waals surface area contributed by atoms with E-state index in [0.717, 1.165) is 29.3 Å². The molecule has 0 bridgehead atoms. The van der Waals surface area contributed by atoms with Gasteiger partial charge in [-0.25, -0.2) is 13.8 Å². The van der Waals surface area contributed by atoms with Crippen LogP contribution in [0.15, 0.2) is 66.3 Å². The molecule has 4 rings (SSSR count). The lowest BCUT2D eigenvalue weighted by atomic mass is 10.1. The van der Waals surface area contributed by atoms with Crippen molar-refractivity contribution in [2.45, 2.75) is 26.0 Å². The van der Waals surface area contributed by atoms with Gasteiger partial charge in [0.05, 0.1) is 12.9 Å². The highest BCUT2D eigenvalue weighted by molar-refractivity contribution is 6.00. The Labute approximate surface area is 167 Å². The van der Waals surface area contributed by atoms with E-state index < -0.39 is 11.6 Å². The highest BCUT2D eigenvalue weighted by Crippen LogP contribution is 2.27. The molecule has 1 aromatic heterocycles. The van der Waals surface area contributed by atoms with Crippen LogP contribution in [-0.2, 0) is 18.0 Å². The van der Waals surface area contributed by atoms with Crippen LogP contribution in [0, 0.1) is 29.4 Å². The standard InChI is InChI=1S/C23H19F2N3O/c24-21-9-10-22(25)20(13-21)15-29-27-23(14-28-12-11-26-16-28)19-7-5-18(6-8-19)4-3-17-1-2-17/h5-13,16-17H,1-2,14-15H2/b27-23+. The third-order valence-corrected chi connectivity index (χ3v) is 4.51. The zero-order valence-electron chi connectivity index (χ0n) is 15.7. The molecule has 0 amide bonds. The summed E-state index contributed by atoms with van der Waals surface area (Å²) in [6.45, 7) is 0.265. The summed E-state index contributed by atoms with van der Waals surface area (Å²) in [5, 5.41) is 4.19. The van der Waals surface area contributed by atoms with Gasteiger partial charge < -0.3 is 9.40 Å². The van der Waals surface area contributed by atoms with Gasteiger partial charge in [-0.2, -0.15) is 0 Å². The number of benzene rings is 2. The van der Waals surface area contributed by atoms with Crippen LogP contribution in [0.25, 0.3) is 0 Å². The summed E-state index contributed by atoms with van der Waals surface area (Å²) < 4.78 is 29.0. The van der Waals surface area contributed by atoms with Crippen molar-refractivity contribution in [3.8, 4) is 11.8 Å². The molecule has 0 saturated heterocycles. The van der Waals surface area contributed by atoms with E-state index in [-0.39, 0.29) is 12.2 Å². The molecule has 29 heavy (non-hydrogen) atoms. The van der Waals surface area contributed by atoms with Crippen molar-refractivity contribution in [2.75, 3.05) is 0 Å². The molecule has 0 spiro atoms. The molecule has 1 fully saturated rings. The largest absolute Gasteiger partial charge is 0.391 e. The van der Waals surface area contributed by atoms with Gasteiger partial charge in [0.1, 0.15) is 24.0 Å². The first kappa shape index (κ1) is 18.9. The van der Waals surface area contributed by atoms with Crippen LogP contribution < -0.4 is 0 Å². The number of rotatable bonds is 6. The van der Waals surface area contributed by atoms with Crippen LogP contribution >= 0.6 is 0 Å². The van der Waals surface area contributed by atoms with E-state index in [1.54, 1.807) is 12.5 Å². The van der Waals surface area contributed by atoms with E-state index in [1.165, 1.54) is 12.8 Å². The molecule has 0 atom stereocenters. The molecule has 0 unspecified atom stereocenters. The minimum absolute atomic E-state index is 0.112. The third kappa shape index (κ3) is 5.29. The first-order valence-electron chi connectivity index (χ1n) is 9.38. The van der Waals surface area contributed by atoms with Gasteiger partial charge in [-0.15, -0.1) is 0 Å². The molecule has 4 nitrogen and oxygen atoms in total. The van der Waals surface area contributed by atoms with Gasteiger partial charge in [0, 0.05) is 35.0 Å². The smallest absolute Gasteiger partial charge is 0.145 e. The molecule has 146 valence electrons. The van der Waals surface area contributed by atoms with Crippen molar-refractivity contribution >= 4 is 5.71 Å². The van der Waals surface area contributed by atoms with E-state index in [0.29, 0.717) is 18.2 Å². The van der Waals surface area contributed by atoms with Crippen molar-refractivity contribution in [1.29, 1.82) is 0 Å². The van der Waals surface area contributed by atoms with Gasteiger partial charge in [-0.1, -0.05) is 29.1 Å². The summed E-state index contributed by atoms with van der Waals surface area (Å²) in [5.74, 6) is 5.91. The average molecular weight is 391 g/mol. The fraction of sp³-hybridized carbons (Fsp3) is 0.217. The zero-order chi connectivity index (χ0) is 20.1. The Hall–Kier alpha value is -3.46. The van der Waals surface area contributed by atoms with Gasteiger partial charge in [0.15, 0.2) is 0 Å². The summed E-state index contributed by atoms with van der Waals surface area (Å²) in [4.78, 5) is 9.39. The van der Waals surface area contributed by atoms with Gasteiger partial charge in [-0.05, 0) is 43.2 Å². The predicted molar refractivity (Wildman–Crippen MR) is 106 cm³/mol. The Bertz CT molecular complexity index is 1060. The summed E-state index contributed by atoms with van der Waals surface area (Å²) in [5.41, 5.74) is 2.56. The van der Waals surface area contributed by atoms with Crippen LogP contribution in [0.2, 0.25) is 0 Å². The second-order valence-corrected chi connectivity index (χ2v) is 6.90. The first-order chi connectivity index (χ1) is 14.2. The van der Waals surface area contributed by atoms with E-state index in [1.807, 2.05) is 35.0 Å². The number of hydrogen-bond acceptors (Lipinski definition) is 3. The lowest BCUT2D eigenvalue weighted by Crippen LogP contribution is -2.11. The molecule has 1 aliphatic rings. The Morgan fingerprint density at radius 2 is 2.00 bits per heavy atom. The van der Waals surface area contributed by atoms with Gasteiger partial charge >= 0.3 is 0 Å². The molecule has 6 heteroatoms. The molecular weight excluding hydrogens is 372 g/mol. The number of nitrogens with zero attached hydrogens (tertiary/aromatic N) is 3. The Balaban J connectivity index is 1.51. The van der Waals surface area contributed by atoms with E-state index in [9.17, 15) is 8.78 Å². The highest BCUT2D eigenvalue weighted by atomic mass is 19.1. The van der Waals surface area contributed by atoms with E-state index in [4.69, 9.17) is 4.84 Å². The average Bonchev–Trinajstić information content (AvgIpc) is 3.42. The lowest BCUT2D eigenvalue weighted by Gasteiger charge is -2.09. The summed E-state index contributed by atoms with van der Waals surface area (Å²) >= 11 is 0. The zero-order valence-corrected chi connectivity index (χ0v) is 15.7. The quantitative estimate of drug-likeness (QED) is 0.351. The molecule has 1 saturated carbocycles. The number of halogens is 2. The second kappa shape index (κ2) is 8.70.